The number of hydrogen-bond donors (Lipinski definition) is 0. The third-order valence-corrected chi connectivity index (χ3v) is 2.14. The topological polar surface area (TPSA) is 0 Å². The first-order valence-electron chi connectivity index (χ1n) is 3.15. The lowest BCUT2D eigenvalue weighted by molar-refractivity contribution is 1.51. The molecule has 0 aliphatic rings. The maximum absolute atomic E-state index is 3.15. The third-order valence-electron chi connectivity index (χ3n) is 1.50. The summed E-state index contributed by atoms with van der Waals surface area (Å²) in [6, 6.07) is 6.30. The van der Waals surface area contributed by atoms with Crippen LogP contribution in [0.3, 0.4) is 0 Å². The molecule has 0 N–H and O–H groups in total. The van der Waals surface area contributed by atoms with Crippen LogP contribution in [0, 0.1) is 17.7 Å². The fraction of sp³-hybridized carbons (Fsp3) is 0.111. The van der Waals surface area contributed by atoms with Crippen LogP contribution in [0.2, 0.25) is 0 Å². The Balaban J connectivity index is 2.86. The number of benzene rings is 1. The Morgan fingerprint density at radius 2 is 2.00 bits per heavy atom. The van der Waals surface area contributed by atoms with E-state index in [1.165, 1.54) is 27.7 Å². The molecule has 2 aromatic rings. The molecule has 0 bridgehead atoms. The summed E-state index contributed by atoms with van der Waals surface area (Å²) in [5.74, 6) is 0. The first-order valence-corrected chi connectivity index (χ1v) is 3.96. The van der Waals surface area contributed by atoms with Gasteiger partial charge in [-0.1, -0.05) is 17.7 Å². The quantitative estimate of drug-likeness (QED) is 0.536. The average Bonchev–Trinajstić information content (AvgIpc) is 2.33. The van der Waals surface area contributed by atoms with Gasteiger partial charge in [0.25, 0.3) is 0 Å². The highest BCUT2D eigenvalue weighted by Crippen LogP contribution is 2.17. The van der Waals surface area contributed by atoms with Crippen LogP contribution in [0.5, 0.6) is 0 Å². The van der Waals surface area contributed by atoms with Crippen molar-refractivity contribution in [3.05, 3.63) is 34.5 Å². The van der Waals surface area contributed by atoms with E-state index in [1.807, 2.05) is 0 Å². The van der Waals surface area contributed by atoms with E-state index in [4.69, 9.17) is 0 Å². The zero-order valence-corrected chi connectivity index (χ0v) is 6.46. The minimum Gasteiger partial charge on any atom is -0.132 e. The Hall–Kier alpha value is -0.820. The number of rotatable bonds is 0. The molecular formula is C9H6S. The van der Waals surface area contributed by atoms with Crippen LogP contribution < -0.4 is 0 Å². The molecule has 48 valence electrons. The molecule has 1 aromatic heterocycles. The number of thiophene rings is 1. The van der Waals surface area contributed by atoms with Crippen LogP contribution in [0.1, 0.15) is 5.56 Å². The largest absolute Gasteiger partial charge is 0.132 e. The second kappa shape index (κ2) is 2.10. The second-order valence-electron chi connectivity index (χ2n) is 2.36. The summed E-state index contributed by atoms with van der Waals surface area (Å²) in [4.78, 5) is 0. The van der Waals surface area contributed by atoms with Crippen molar-refractivity contribution >= 4 is 22.1 Å². The Labute approximate surface area is 64.1 Å². The zero-order chi connectivity index (χ0) is 6.97. The smallest absolute Gasteiger partial charge is 0.0534 e. The Morgan fingerprint density at radius 1 is 1.20 bits per heavy atom. The average molecular weight is 146 g/mol. The molecule has 0 saturated heterocycles. The Bertz CT molecular complexity index is 346. The SMILES string of the molecule is Cc1ccc2[c]s[c]c2c1. The van der Waals surface area contributed by atoms with Gasteiger partial charge in [-0.15, -0.1) is 11.3 Å². The summed E-state index contributed by atoms with van der Waals surface area (Å²) in [5, 5.41) is 8.64. The van der Waals surface area contributed by atoms with Gasteiger partial charge in [0.05, 0.1) is 10.8 Å². The molecule has 1 heteroatoms. The van der Waals surface area contributed by atoms with E-state index in [1.54, 1.807) is 0 Å². The van der Waals surface area contributed by atoms with Crippen molar-refractivity contribution in [1.29, 1.82) is 0 Å². The van der Waals surface area contributed by atoms with Crippen LogP contribution in [0.4, 0.5) is 0 Å². The van der Waals surface area contributed by atoms with Gasteiger partial charge in [0.2, 0.25) is 0 Å². The van der Waals surface area contributed by atoms with E-state index in [0.29, 0.717) is 0 Å². The van der Waals surface area contributed by atoms with Gasteiger partial charge in [0.15, 0.2) is 0 Å². The van der Waals surface area contributed by atoms with Crippen LogP contribution >= 0.6 is 11.3 Å². The summed E-state index contributed by atoms with van der Waals surface area (Å²) in [6.07, 6.45) is 0. The van der Waals surface area contributed by atoms with E-state index in [0.717, 1.165) is 0 Å². The summed E-state index contributed by atoms with van der Waals surface area (Å²) >= 11 is 1.51. The minimum absolute atomic E-state index is 1.18. The molecule has 2 radical (unpaired) electrons. The van der Waals surface area contributed by atoms with Crippen molar-refractivity contribution in [2.24, 2.45) is 0 Å². The van der Waals surface area contributed by atoms with Crippen molar-refractivity contribution in [1.82, 2.24) is 0 Å². The maximum Gasteiger partial charge on any atom is 0.0534 e. The zero-order valence-electron chi connectivity index (χ0n) is 5.64. The number of aryl methyl sites for hydroxylation is 1. The highest BCUT2D eigenvalue weighted by Gasteiger charge is 1.93. The predicted molar refractivity (Wildman–Crippen MR) is 44.2 cm³/mol. The van der Waals surface area contributed by atoms with E-state index in [-0.39, 0.29) is 0 Å². The van der Waals surface area contributed by atoms with E-state index < -0.39 is 0 Å². The van der Waals surface area contributed by atoms with Crippen molar-refractivity contribution in [2.45, 2.75) is 6.92 Å². The lowest BCUT2D eigenvalue weighted by atomic mass is 10.1. The van der Waals surface area contributed by atoms with Crippen LogP contribution in [0.15, 0.2) is 18.2 Å². The molecule has 0 amide bonds. The van der Waals surface area contributed by atoms with Crippen LogP contribution in [-0.2, 0) is 0 Å². The van der Waals surface area contributed by atoms with Gasteiger partial charge in [-0.3, -0.25) is 0 Å². The van der Waals surface area contributed by atoms with Crippen LogP contribution in [-0.4, -0.2) is 0 Å². The normalized spacial score (nSPS) is 10.5. The van der Waals surface area contributed by atoms with Gasteiger partial charge in [0.1, 0.15) is 0 Å². The third kappa shape index (κ3) is 0.830. The first kappa shape index (κ1) is 5.93. The maximum atomic E-state index is 3.15. The summed E-state index contributed by atoms with van der Waals surface area (Å²) in [5.41, 5.74) is 1.29. The van der Waals surface area contributed by atoms with Crippen LogP contribution in [0.25, 0.3) is 10.8 Å². The molecule has 0 saturated carbocycles. The molecule has 0 unspecified atom stereocenters. The molecule has 0 nitrogen and oxygen atoms in total. The van der Waals surface area contributed by atoms with Gasteiger partial charge in [-0.05, 0) is 13.0 Å². The molecule has 2 rings (SSSR count). The Kier molecular flexibility index (Phi) is 1.24. The number of fused-ring (bicyclic) bond motifs is 1. The molecule has 0 aliphatic heterocycles. The molecule has 0 fully saturated rings. The summed E-state index contributed by atoms with van der Waals surface area (Å²) < 4.78 is 0. The van der Waals surface area contributed by atoms with Crippen molar-refractivity contribution in [2.75, 3.05) is 0 Å². The number of hydrogen-bond acceptors (Lipinski definition) is 1. The molecule has 10 heavy (non-hydrogen) atoms. The summed E-state index contributed by atoms with van der Waals surface area (Å²) in [7, 11) is 0. The first-order chi connectivity index (χ1) is 4.86. The molecule has 0 spiro atoms. The van der Waals surface area contributed by atoms with Crippen molar-refractivity contribution in [3.63, 3.8) is 0 Å². The van der Waals surface area contributed by atoms with Gasteiger partial charge < -0.3 is 0 Å². The molecular weight excluding hydrogens is 140 g/mol. The Morgan fingerprint density at radius 3 is 2.90 bits per heavy atom. The van der Waals surface area contributed by atoms with Gasteiger partial charge in [-0.2, -0.15) is 0 Å². The highest BCUT2D eigenvalue weighted by atomic mass is 32.1. The second-order valence-corrected chi connectivity index (χ2v) is 2.97. The van der Waals surface area contributed by atoms with Crippen molar-refractivity contribution < 1.29 is 0 Å². The van der Waals surface area contributed by atoms with E-state index in [2.05, 4.69) is 35.9 Å². The molecule has 0 aliphatic carbocycles. The predicted octanol–water partition coefficient (Wildman–Crippen LogP) is 2.81. The van der Waals surface area contributed by atoms with Crippen molar-refractivity contribution in [3.8, 4) is 0 Å². The highest BCUT2D eigenvalue weighted by molar-refractivity contribution is 7.08. The fourth-order valence-corrected chi connectivity index (χ4v) is 1.58. The fourth-order valence-electron chi connectivity index (χ4n) is 0.967. The van der Waals surface area contributed by atoms with Gasteiger partial charge >= 0.3 is 0 Å². The monoisotopic (exact) mass is 146 g/mol. The van der Waals surface area contributed by atoms with E-state index in [9.17, 15) is 0 Å². The minimum atomic E-state index is 1.18. The van der Waals surface area contributed by atoms with E-state index >= 15 is 0 Å². The van der Waals surface area contributed by atoms with Gasteiger partial charge in [-0.25, -0.2) is 0 Å². The molecule has 1 heterocycles. The lowest BCUT2D eigenvalue weighted by Gasteiger charge is -1.89. The lowest BCUT2D eigenvalue weighted by Crippen LogP contribution is -1.68. The molecule has 0 atom stereocenters. The summed E-state index contributed by atoms with van der Waals surface area (Å²) in [6.45, 7) is 2.09. The molecule has 1 aromatic carbocycles. The standard InChI is InChI=1S/C9H6S/c1-7-2-3-8-5-10-6-9(8)4-7/h2-4H,1H3. The van der Waals surface area contributed by atoms with Gasteiger partial charge in [0, 0.05) is 10.8 Å².